The van der Waals surface area contributed by atoms with E-state index in [0.717, 1.165) is 30.1 Å². The summed E-state index contributed by atoms with van der Waals surface area (Å²) in [6, 6.07) is 5.70. The van der Waals surface area contributed by atoms with Gasteiger partial charge in [0, 0.05) is 42.7 Å². The first-order chi connectivity index (χ1) is 12.6. The Balaban J connectivity index is 1.55. The van der Waals surface area contributed by atoms with Gasteiger partial charge in [-0.1, -0.05) is 17.7 Å². The lowest BCUT2D eigenvalue weighted by Crippen LogP contribution is -2.36. The largest absolute Gasteiger partial charge is 0.383 e. The molecule has 2 N–H and O–H groups in total. The van der Waals surface area contributed by atoms with E-state index in [1.165, 1.54) is 0 Å². The van der Waals surface area contributed by atoms with Crippen LogP contribution in [0.1, 0.15) is 46.3 Å². The number of amides is 1. The summed E-state index contributed by atoms with van der Waals surface area (Å²) in [6.45, 7) is 2.22. The standard InChI is InChI=1S/C18H22ClN5O2/c1-26-5-4-24-16(21-22-17(24)12-6-14(20)7-12)10-23-9-11-2-3-13(19)8-15(11)18(23)25/h2-3,8,12,14H,4-7,9-10,20H2,1H3. The molecule has 26 heavy (non-hydrogen) atoms. The Morgan fingerprint density at radius 2 is 2.15 bits per heavy atom. The Bertz CT molecular complexity index is 831. The van der Waals surface area contributed by atoms with Crippen molar-refractivity contribution in [3.05, 3.63) is 46.0 Å². The molecule has 1 aromatic carbocycles. The summed E-state index contributed by atoms with van der Waals surface area (Å²) < 4.78 is 7.32. The number of hydrogen-bond acceptors (Lipinski definition) is 5. The summed E-state index contributed by atoms with van der Waals surface area (Å²) in [7, 11) is 1.67. The van der Waals surface area contributed by atoms with Crippen LogP contribution in [0.4, 0.5) is 0 Å². The van der Waals surface area contributed by atoms with Crippen molar-refractivity contribution < 1.29 is 9.53 Å². The van der Waals surface area contributed by atoms with Gasteiger partial charge >= 0.3 is 0 Å². The predicted octanol–water partition coefficient (Wildman–Crippen LogP) is 1.94. The molecule has 1 aliphatic heterocycles. The van der Waals surface area contributed by atoms with E-state index in [2.05, 4.69) is 14.8 Å². The lowest BCUT2D eigenvalue weighted by Gasteiger charge is -2.32. The van der Waals surface area contributed by atoms with Crippen LogP contribution in [0, 0.1) is 0 Å². The van der Waals surface area contributed by atoms with Crippen molar-refractivity contribution >= 4 is 17.5 Å². The number of methoxy groups -OCH3 is 1. The minimum absolute atomic E-state index is 0.0176. The Morgan fingerprint density at radius 3 is 2.88 bits per heavy atom. The number of carbonyl (C=O) groups is 1. The van der Waals surface area contributed by atoms with E-state index in [1.54, 1.807) is 18.1 Å². The minimum atomic E-state index is -0.0176. The summed E-state index contributed by atoms with van der Waals surface area (Å²) in [5.74, 6) is 2.06. The van der Waals surface area contributed by atoms with E-state index >= 15 is 0 Å². The van der Waals surface area contributed by atoms with Gasteiger partial charge in [-0.25, -0.2) is 0 Å². The smallest absolute Gasteiger partial charge is 0.254 e. The predicted molar refractivity (Wildman–Crippen MR) is 96.9 cm³/mol. The second-order valence-electron chi connectivity index (χ2n) is 7.01. The molecule has 1 amide bonds. The van der Waals surface area contributed by atoms with Crippen molar-refractivity contribution in [3.63, 3.8) is 0 Å². The molecule has 0 bridgehead atoms. The molecule has 0 radical (unpaired) electrons. The molecule has 138 valence electrons. The highest BCUT2D eigenvalue weighted by Crippen LogP contribution is 2.35. The monoisotopic (exact) mass is 375 g/mol. The summed E-state index contributed by atoms with van der Waals surface area (Å²) in [5, 5.41) is 9.35. The number of nitrogens with two attached hydrogens (primary N) is 1. The summed E-state index contributed by atoms with van der Waals surface area (Å²) in [4.78, 5) is 14.5. The van der Waals surface area contributed by atoms with Gasteiger partial charge in [0.25, 0.3) is 5.91 Å². The van der Waals surface area contributed by atoms with Crippen LogP contribution in [0.5, 0.6) is 0 Å². The summed E-state index contributed by atoms with van der Waals surface area (Å²) in [5.41, 5.74) is 7.59. The van der Waals surface area contributed by atoms with Crippen LogP contribution in [-0.4, -0.2) is 45.3 Å². The first-order valence-electron chi connectivity index (χ1n) is 8.81. The number of hydrogen-bond donors (Lipinski definition) is 1. The van der Waals surface area contributed by atoms with Crippen LogP contribution < -0.4 is 5.73 Å². The second kappa shape index (κ2) is 6.98. The lowest BCUT2D eigenvalue weighted by atomic mass is 9.80. The number of aromatic nitrogens is 3. The number of rotatable bonds is 6. The van der Waals surface area contributed by atoms with Gasteiger partial charge in [0.15, 0.2) is 5.82 Å². The molecule has 0 saturated heterocycles. The normalized spacial score (nSPS) is 21.8. The maximum Gasteiger partial charge on any atom is 0.254 e. The number of carbonyl (C=O) groups excluding carboxylic acids is 1. The SMILES string of the molecule is COCCn1c(CN2Cc3ccc(Cl)cc3C2=O)nnc1C1CC(N)C1. The van der Waals surface area contributed by atoms with Crippen molar-refractivity contribution in [2.75, 3.05) is 13.7 Å². The maximum absolute atomic E-state index is 12.7. The van der Waals surface area contributed by atoms with Crippen molar-refractivity contribution in [2.24, 2.45) is 5.73 Å². The van der Waals surface area contributed by atoms with Gasteiger partial charge in [0.1, 0.15) is 5.82 Å². The van der Waals surface area contributed by atoms with E-state index in [9.17, 15) is 4.79 Å². The highest BCUT2D eigenvalue weighted by molar-refractivity contribution is 6.31. The minimum Gasteiger partial charge on any atom is -0.383 e. The second-order valence-corrected chi connectivity index (χ2v) is 7.45. The number of fused-ring (bicyclic) bond motifs is 1. The Hall–Kier alpha value is -1.96. The molecule has 0 unspecified atom stereocenters. The van der Waals surface area contributed by atoms with Crippen LogP contribution in [0.25, 0.3) is 0 Å². The van der Waals surface area contributed by atoms with Crippen molar-refractivity contribution in [2.45, 2.75) is 44.4 Å². The lowest BCUT2D eigenvalue weighted by molar-refractivity contribution is 0.0759. The highest BCUT2D eigenvalue weighted by atomic mass is 35.5. The Labute approximate surface area is 157 Å². The number of nitrogens with zero attached hydrogens (tertiary/aromatic N) is 4. The fraction of sp³-hybridized carbons (Fsp3) is 0.500. The molecule has 1 aromatic heterocycles. The molecule has 2 aromatic rings. The molecule has 1 saturated carbocycles. The van der Waals surface area contributed by atoms with Gasteiger partial charge in [0.05, 0.1) is 13.2 Å². The average Bonchev–Trinajstić information content (AvgIpc) is 3.12. The number of benzene rings is 1. The van der Waals surface area contributed by atoms with E-state index in [0.29, 0.717) is 42.7 Å². The third-order valence-electron chi connectivity index (χ3n) is 5.20. The number of halogens is 1. The highest BCUT2D eigenvalue weighted by Gasteiger charge is 2.34. The van der Waals surface area contributed by atoms with E-state index in [4.69, 9.17) is 22.1 Å². The first kappa shape index (κ1) is 17.5. The van der Waals surface area contributed by atoms with E-state index in [1.807, 2.05) is 12.1 Å². The molecule has 2 heterocycles. The molecule has 1 fully saturated rings. The molecule has 7 nitrogen and oxygen atoms in total. The van der Waals surface area contributed by atoms with Crippen LogP contribution in [0.2, 0.25) is 5.02 Å². The quantitative estimate of drug-likeness (QED) is 0.833. The van der Waals surface area contributed by atoms with E-state index in [-0.39, 0.29) is 11.9 Å². The molecule has 8 heteroatoms. The summed E-state index contributed by atoms with van der Waals surface area (Å²) in [6.07, 6.45) is 1.86. The van der Waals surface area contributed by atoms with Gasteiger partial charge in [-0.3, -0.25) is 4.79 Å². The van der Waals surface area contributed by atoms with Gasteiger partial charge < -0.3 is 19.9 Å². The molecule has 2 aliphatic rings. The zero-order valence-electron chi connectivity index (χ0n) is 14.7. The molecular formula is C18H22ClN5O2. The van der Waals surface area contributed by atoms with Crippen molar-refractivity contribution in [1.82, 2.24) is 19.7 Å². The zero-order chi connectivity index (χ0) is 18.3. The Kier molecular flexibility index (Phi) is 4.69. The third-order valence-corrected chi connectivity index (χ3v) is 5.43. The maximum atomic E-state index is 12.7. The average molecular weight is 376 g/mol. The Morgan fingerprint density at radius 1 is 1.35 bits per heavy atom. The van der Waals surface area contributed by atoms with Crippen LogP contribution in [0.3, 0.4) is 0 Å². The van der Waals surface area contributed by atoms with Gasteiger partial charge in [0.2, 0.25) is 0 Å². The fourth-order valence-corrected chi connectivity index (χ4v) is 3.87. The molecule has 4 rings (SSSR count). The molecule has 0 spiro atoms. The number of ether oxygens (including phenoxy) is 1. The third kappa shape index (κ3) is 3.11. The van der Waals surface area contributed by atoms with Crippen LogP contribution >= 0.6 is 11.6 Å². The topological polar surface area (TPSA) is 86.3 Å². The first-order valence-corrected chi connectivity index (χ1v) is 9.18. The van der Waals surface area contributed by atoms with Crippen molar-refractivity contribution in [3.8, 4) is 0 Å². The van der Waals surface area contributed by atoms with Gasteiger partial charge in [-0.05, 0) is 30.5 Å². The molecule has 0 atom stereocenters. The fourth-order valence-electron chi connectivity index (χ4n) is 3.70. The van der Waals surface area contributed by atoms with Gasteiger partial charge in [-0.15, -0.1) is 10.2 Å². The molecular weight excluding hydrogens is 354 g/mol. The summed E-state index contributed by atoms with van der Waals surface area (Å²) >= 11 is 6.03. The molecule has 1 aliphatic carbocycles. The zero-order valence-corrected chi connectivity index (χ0v) is 15.4. The van der Waals surface area contributed by atoms with Gasteiger partial charge in [-0.2, -0.15) is 0 Å². The van der Waals surface area contributed by atoms with Crippen LogP contribution in [0.15, 0.2) is 18.2 Å². The van der Waals surface area contributed by atoms with E-state index < -0.39 is 0 Å². The van der Waals surface area contributed by atoms with Crippen molar-refractivity contribution in [1.29, 1.82) is 0 Å². The van der Waals surface area contributed by atoms with Crippen LogP contribution in [-0.2, 0) is 24.4 Å².